The first-order valence-electron chi connectivity index (χ1n) is 8.52. The third kappa shape index (κ3) is 9.15. The van der Waals surface area contributed by atoms with Gasteiger partial charge in [0.05, 0.1) is 11.9 Å². The van der Waals surface area contributed by atoms with E-state index in [0.717, 1.165) is 38.2 Å². The minimum Gasteiger partial charge on any atom is -0.393 e. The van der Waals surface area contributed by atoms with E-state index in [4.69, 9.17) is 0 Å². The van der Waals surface area contributed by atoms with E-state index in [9.17, 15) is 13.5 Å². The Kier molecular flexibility index (Phi) is 7.80. The Morgan fingerprint density at radius 3 is 2.39 bits per heavy atom. The highest BCUT2D eigenvalue weighted by molar-refractivity contribution is 7.90. The molecule has 3 N–H and O–H groups in total. The number of hydrogen-bond acceptors (Lipinski definition) is 4. The monoisotopic (exact) mass is 347 g/mol. The maximum Gasteiger partial charge on any atom is 0.191 e. The van der Waals surface area contributed by atoms with E-state index in [1.54, 1.807) is 0 Å². The predicted molar refractivity (Wildman–Crippen MR) is 95.5 cm³/mol. The number of aliphatic hydroxyl groups excluding tert-OH is 1. The van der Waals surface area contributed by atoms with Gasteiger partial charge in [0.2, 0.25) is 0 Å². The zero-order chi connectivity index (χ0) is 17.5. The third-order valence-electron chi connectivity index (χ3n) is 4.20. The van der Waals surface area contributed by atoms with Gasteiger partial charge in [0.25, 0.3) is 0 Å². The molecule has 0 atom stereocenters. The molecule has 1 rings (SSSR count). The Labute approximate surface area is 141 Å². The molecule has 0 amide bonds. The first-order chi connectivity index (χ1) is 10.6. The van der Waals surface area contributed by atoms with Gasteiger partial charge < -0.3 is 15.7 Å². The van der Waals surface area contributed by atoms with Crippen LogP contribution in [0.4, 0.5) is 0 Å². The average Bonchev–Trinajstić information content (AvgIpc) is 2.45. The zero-order valence-electron chi connectivity index (χ0n) is 14.9. The third-order valence-corrected chi connectivity index (χ3v) is 5.14. The number of rotatable bonds is 7. The number of aliphatic imine (C=N–C) groups is 1. The van der Waals surface area contributed by atoms with Gasteiger partial charge in [-0.3, -0.25) is 4.99 Å². The second-order valence-corrected chi connectivity index (χ2v) is 9.65. The Morgan fingerprint density at radius 1 is 1.26 bits per heavy atom. The van der Waals surface area contributed by atoms with Gasteiger partial charge in [0, 0.05) is 25.4 Å². The van der Waals surface area contributed by atoms with Crippen LogP contribution < -0.4 is 10.6 Å². The fraction of sp³-hybridized carbons (Fsp3) is 0.938. The minimum atomic E-state index is -2.94. The molecule has 23 heavy (non-hydrogen) atoms. The van der Waals surface area contributed by atoms with Gasteiger partial charge in [-0.25, -0.2) is 8.42 Å². The largest absolute Gasteiger partial charge is 0.393 e. The SMILES string of the molecule is CCNC(=NCC(C)(C)CCS(C)(=O)=O)NC1CCC(O)CC1. The highest BCUT2D eigenvalue weighted by Gasteiger charge is 2.22. The van der Waals surface area contributed by atoms with Gasteiger partial charge >= 0.3 is 0 Å². The molecule has 0 aromatic heterocycles. The Balaban J connectivity index is 2.56. The molecule has 0 unspecified atom stereocenters. The molecule has 0 aromatic rings. The lowest BCUT2D eigenvalue weighted by Crippen LogP contribution is -2.45. The van der Waals surface area contributed by atoms with Crippen molar-refractivity contribution < 1.29 is 13.5 Å². The van der Waals surface area contributed by atoms with Crippen LogP contribution in [0.3, 0.4) is 0 Å². The molecule has 7 heteroatoms. The average molecular weight is 348 g/mol. The van der Waals surface area contributed by atoms with Crippen LogP contribution >= 0.6 is 0 Å². The molecule has 0 aliphatic heterocycles. The van der Waals surface area contributed by atoms with Gasteiger partial charge in [0.15, 0.2) is 5.96 Å². The highest BCUT2D eigenvalue weighted by atomic mass is 32.2. The Morgan fingerprint density at radius 2 is 1.87 bits per heavy atom. The van der Waals surface area contributed by atoms with Gasteiger partial charge in [-0.05, 0) is 44.4 Å². The number of aliphatic hydroxyl groups is 1. The molecule has 1 aliphatic rings. The molecule has 1 aliphatic carbocycles. The van der Waals surface area contributed by atoms with Gasteiger partial charge in [-0.15, -0.1) is 0 Å². The summed E-state index contributed by atoms with van der Waals surface area (Å²) in [6.45, 7) is 7.47. The summed E-state index contributed by atoms with van der Waals surface area (Å²) >= 11 is 0. The summed E-state index contributed by atoms with van der Waals surface area (Å²) in [5.41, 5.74) is -0.159. The smallest absolute Gasteiger partial charge is 0.191 e. The molecule has 0 aromatic carbocycles. The fourth-order valence-electron chi connectivity index (χ4n) is 2.57. The van der Waals surface area contributed by atoms with Crippen molar-refractivity contribution in [3.8, 4) is 0 Å². The van der Waals surface area contributed by atoms with Crippen LogP contribution in [0.2, 0.25) is 0 Å². The first kappa shape index (κ1) is 20.2. The van der Waals surface area contributed by atoms with Crippen molar-refractivity contribution in [3.63, 3.8) is 0 Å². The first-order valence-corrected chi connectivity index (χ1v) is 10.6. The van der Waals surface area contributed by atoms with E-state index in [0.29, 0.717) is 19.0 Å². The van der Waals surface area contributed by atoms with Crippen LogP contribution in [0.15, 0.2) is 4.99 Å². The zero-order valence-corrected chi connectivity index (χ0v) is 15.7. The van der Waals surface area contributed by atoms with Crippen LogP contribution in [-0.2, 0) is 9.84 Å². The van der Waals surface area contributed by atoms with Crippen LogP contribution in [0.5, 0.6) is 0 Å². The number of nitrogens with one attached hydrogen (secondary N) is 2. The molecule has 0 spiro atoms. The fourth-order valence-corrected chi connectivity index (χ4v) is 3.49. The highest BCUT2D eigenvalue weighted by Crippen LogP contribution is 2.22. The summed E-state index contributed by atoms with van der Waals surface area (Å²) in [6, 6.07) is 0.343. The van der Waals surface area contributed by atoms with Crippen molar-refractivity contribution in [1.82, 2.24) is 10.6 Å². The van der Waals surface area contributed by atoms with Gasteiger partial charge in [-0.2, -0.15) is 0 Å². The lowest BCUT2D eigenvalue weighted by Gasteiger charge is -2.28. The summed E-state index contributed by atoms with van der Waals surface area (Å²) < 4.78 is 22.7. The molecule has 6 nitrogen and oxygen atoms in total. The van der Waals surface area contributed by atoms with Crippen molar-refractivity contribution >= 4 is 15.8 Å². The van der Waals surface area contributed by atoms with Crippen molar-refractivity contribution in [2.75, 3.05) is 25.1 Å². The van der Waals surface area contributed by atoms with Gasteiger partial charge in [-0.1, -0.05) is 13.8 Å². The molecule has 0 heterocycles. The normalized spacial score (nSPS) is 23.6. The molecular formula is C16H33N3O3S. The minimum absolute atomic E-state index is 0.159. The molecule has 1 fully saturated rings. The Bertz CT molecular complexity index is 481. The second-order valence-electron chi connectivity index (χ2n) is 7.39. The number of sulfone groups is 1. The van der Waals surface area contributed by atoms with Crippen molar-refractivity contribution in [2.45, 2.75) is 65.0 Å². The summed E-state index contributed by atoms with van der Waals surface area (Å²) in [4.78, 5) is 4.64. The van der Waals surface area contributed by atoms with Crippen LogP contribution in [0, 0.1) is 5.41 Å². The van der Waals surface area contributed by atoms with Crippen LogP contribution in [0.25, 0.3) is 0 Å². The van der Waals surface area contributed by atoms with Crippen LogP contribution in [0.1, 0.15) is 52.9 Å². The molecule has 1 saturated carbocycles. The quantitative estimate of drug-likeness (QED) is 0.477. The predicted octanol–water partition coefficient (Wildman–Crippen LogP) is 1.31. The van der Waals surface area contributed by atoms with E-state index in [-0.39, 0.29) is 17.3 Å². The van der Waals surface area contributed by atoms with Crippen molar-refractivity contribution in [3.05, 3.63) is 0 Å². The number of nitrogens with zero attached hydrogens (tertiary/aromatic N) is 1. The van der Waals surface area contributed by atoms with E-state index in [1.807, 2.05) is 20.8 Å². The van der Waals surface area contributed by atoms with Crippen molar-refractivity contribution in [2.24, 2.45) is 10.4 Å². The summed E-state index contributed by atoms with van der Waals surface area (Å²) in [5.74, 6) is 0.973. The summed E-state index contributed by atoms with van der Waals surface area (Å²) in [5, 5.41) is 16.3. The number of guanidine groups is 1. The molecular weight excluding hydrogens is 314 g/mol. The topological polar surface area (TPSA) is 90.8 Å². The van der Waals surface area contributed by atoms with Crippen molar-refractivity contribution in [1.29, 1.82) is 0 Å². The maximum absolute atomic E-state index is 11.3. The van der Waals surface area contributed by atoms with Gasteiger partial charge in [0.1, 0.15) is 9.84 Å². The Hall–Kier alpha value is -0.820. The summed E-state index contributed by atoms with van der Waals surface area (Å²) in [6.07, 6.45) is 5.27. The summed E-state index contributed by atoms with van der Waals surface area (Å²) in [7, 11) is -2.94. The lowest BCUT2D eigenvalue weighted by atomic mass is 9.90. The van der Waals surface area contributed by atoms with E-state index in [2.05, 4.69) is 15.6 Å². The maximum atomic E-state index is 11.3. The molecule has 0 radical (unpaired) electrons. The standard InChI is InChI=1S/C16H33N3O3S/c1-5-17-15(19-13-6-8-14(20)9-7-13)18-12-16(2,3)10-11-23(4,21)22/h13-14,20H,5-12H2,1-4H3,(H2,17,18,19). The van der Waals surface area contributed by atoms with Crippen LogP contribution in [-0.4, -0.2) is 56.7 Å². The lowest BCUT2D eigenvalue weighted by molar-refractivity contribution is 0.120. The second kappa shape index (κ2) is 8.87. The van der Waals surface area contributed by atoms with E-state index < -0.39 is 9.84 Å². The number of hydrogen-bond donors (Lipinski definition) is 3. The molecule has 0 bridgehead atoms. The van der Waals surface area contributed by atoms with E-state index >= 15 is 0 Å². The molecule has 136 valence electrons. The molecule has 0 saturated heterocycles. The van der Waals surface area contributed by atoms with E-state index in [1.165, 1.54) is 6.26 Å².